The second-order valence-electron chi connectivity index (χ2n) is 5.18. The Morgan fingerprint density at radius 3 is 2.36 bits per heavy atom. The topological polar surface area (TPSA) is 110 Å². The fourth-order valence-corrected chi connectivity index (χ4v) is 2.84. The Hall–Kier alpha value is -2.57. The molecular weight excluding hydrogens is 292 g/mol. The number of carbonyl (C=O) groups is 3. The minimum Gasteiger partial charge on any atom is -0.507 e. The van der Waals surface area contributed by atoms with Crippen LogP contribution in [0.1, 0.15) is 33.2 Å². The van der Waals surface area contributed by atoms with E-state index in [2.05, 4.69) is 9.47 Å². The van der Waals surface area contributed by atoms with Gasteiger partial charge in [0.05, 0.1) is 19.8 Å². The third kappa shape index (κ3) is 2.28. The number of aromatic hydroxyl groups is 2. The van der Waals surface area contributed by atoms with Crippen molar-refractivity contribution in [3.63, 3.8) is 0 Å². The lowest BCUT2D eigenvalue weighted by Gasteiger charge is -2.29. The molecule has 2 rings (SSSR count). The summed E-state index contributed by atoms with van der Waals surface area (Å²) < 4.78 is 9.23. The van der Waals surface area contributed by atoms with Crippen LogP contribution < -0.4 is 0 Å². The van der Waals surface area contributed by atoms with Crippen molar-refractivity contribution in [3.05, 3.63) is 22.8 Å². The zero-order valence-electron chi connectivity index (χ0n) is 12.4. The van der Waals surface area contributed by atoms with Crippen molar-refractivity contribution in [1.82, 2.24) is 0 Å². The Balaban J connectivity index is 2.68. The van der Waals surface area contributed by atoms with Gasteiger partial charge in [-0.2, -0.15) is 0 Å². The summed E-state index contributed by atoms with van der Waals surface area (Å²) in [6.45, 7) is 1.66. The zero-order chi connectivity index (χ0) is 16.6. The maximum atomic E-state index is 12.5. The van der Waals surface area contributed by atoms with E-state index < -0.39 is 41.1 Å². The van der Waals surface area contributed by atoms with Crippen LogP contribution in [0.2, 0.25) is 0 Å². The maximum Gasteiger partial charge on any atom is 0.341 e. The zero-order valence-corrected chi connectivity index (χ0v) is 12.4. The second kappa shape index (κ2) is 5.67. The molecule has 0 heterocycles. The van der Waals surface area contributed by atoms with E-state index in [4.69, 9.17) is 0 Å². The van der Waals surface area contributed by atoms with Crippen molar-refractivity contribution in [2.24, 2.45) is 11.8 Å². The molecule has 0 aliphatic heterocycles. The van der Waals surface area contributed by atoms with Gasteiger partial charge in [-0.15, -0.1) is 0 Å². The molecule has 1 aliphatic rings. The van der Waals surface area contributed by atoms with Crippen LogP contribution in [0.4, 0.5) is 0 Å². The number of esters is 2. The first kappa shape index (κ1) is 15.8. The molecule has 0 bridgehead atoms. The number of rotatable bonds is 2. The van der Waals surface area contributed by atoms with Crippen molar-refractivity contribution < 1.29 is 34.1 Å². The third-order valence-corrected chi connectivity index (χ3v) is 3.86. The number of ketones is 1. The highest BCUT2D eigenvalue weighted by Crippen LogP contribution is 2.41. The van der Waals surface area contributed by atoms with E-state index >= 15 is 0 Å². The van der Waals surface area contributed by atoms with Crippen LogP contribution in [0.25, 0.3) is 0 Å². The van der Waals surface area contributed by atoms with Gasteiger partial charge < -0.3 is 19.7 Å². The maximum absolute atomic E-state index is 12.5. The van der Waals surface area contributed by atoms with Crippen molar-refractivity contribution in [3.8, 4) is 11.5 Å². The minimum atomic E-state index is -1.06. The molecule has 2 atom stereocenters. The Morgan fingerprint density at radius 2 is 1.82 bits per heavy atom. The predicted molar refractivity (Wildman–Crippen MR) is 73.8 cm³/mol. The van der Waals surface area contributed by atoms with Crippen molar-refractivity contribution in [1.29, 1.82) is 0 Å². The number of methoxy groups -OCH3 is 2. The van der Waals surface area contributed by atoms with Crippen LogP contribution >= 0.6 is 0 Å². The van der Waals surface area contributed by atoms with Crippen molar-refractivity contribution >= 4 is 17.7 Å². The third-order valence-electron chi connectivity index (χ3n) is 3.86. The summed E-state index contributed by atoms with van der Waals surface area (Å²) in [5.41, 5.74) is -0.132. The van der Waals surface area contributed by atoms with Crippen LogP contribution in [0.3, 0.4) is 0 Å². The average Bonchev–Trinajstić information content (AvgIpc) is 2.45. The second-order valence-corrected chi connectivity index (χ2v) is 5.18. The molecule has 22 heavy (non-hydrogen) atoms. The summed E-state index contributed by atoms with van der Waals surface area (Å²) in [5.74, 6) is -4.61. The molecule has 0 amide bonds. The average molecular weight is 308 g/mol. The number of hydrogen-bond acceptors (Lipinski definition) is 7. The summed E-state index contributed by atoms with van der Waals surface area (Å²) in [6, 6.07) is 0.896. The fourth-order valence-electron chi connectivity index (χ4n) is 2.84. The number of phenols is 2. The van der Waals surface area contributed by atoms with Crippen LogP contribution in [-0.2, 0) is 20.7 Å². The molecule has 0 saturated heterocycles. The first-order valence-corrected chi connectivity index (χ1v) is 6.61. The molecule has 1 aromatic carbocycles. The molecule has 0 aromatic heterocycles. The van der Waals surface area contributed by atoms with E-state index in [1.807, 2.05) is 0 Å². The summed E-state index contributed by atoms with van der Waals surface area (Å²) in [6.07, 6.45) is 0.146. The van der Waals surface area contributed by atoms with Gasteiger partial charge in [-0.05, 0) is 17.9 Å². The van der Waals surface area contributed by atoms with Crippen LogP contribution in [-0.4, -0.2) is 42.2 Å². The lowest BCUT2D eigenvalue weighted by atomic mass is 9.74. The van der Waals surface area contributed by atoms with E-state index in [0.29, 0.717) is 0 Å². The van der Waals surface area contributed by atoms with Crippen LogP contribution in [0.5, 0.6) is 11.5 Å². The number of benzene rings is 1. The SMILES string of the molecule is COC(=O)c1c(O)cc(O)c2c1CC(C)C(C(=O)OC)C2=O. The number of fused-ring (bicyclic) bond motifs is 1. The van der Waals surface area contributed by atoms with Crippen LogP contribution in [0, 0.1) is 11.8 Å². The predicted octanol–water partition coefficient (Wildman–Crippen LogP) is 1.05. The standard InChI is InChI=1S/C15H16O7/c1-6-4-7-11(13(18)10(6)14(19)21-2)8(16)5-9(17)12(7)15(20)22-3/h5-6,10,16-17H,4H2,1-3H3. The van der Waals surface area contributed by atoms with E-state index in [1.165, 1.54) is 7.11 Å². The smallest absolute Gasteiger partial charge is 0.341 e. The van der Waals surface area contributed by atoms with E-state index in [0.717, 1.165) is 13.2 Å². The molecule has 1 aromatic rings. The molecule has 7 nitrogen and oxygen atoms in total. The van der Waals surface area contributed by atoms with Gasteiger partial charge in [0.1, 0.15) is 23.0 Å². The summed E-state index contributed by atoms with van der Waals surface area (Å²) in [7, 11) is 2.32. The Morgan fingerprint density at radius 1 is 1.18 bits per heavy atom. The summed E-state index contributed by atoms with van der Waals surface area (Å²) in [4.78, 5) is 36.1. The van der Waals surface area contributed by atoms with E-state index in [1.54, 1.807) is 6.92 Å². The van der Waals surface area contributed by atoms with Gasteiger partial charge in [-0.25, -0.2) is 4.79 Å². The van der Waals surface area contributed by atoms with E-state index in [9.17, 15) is 24.6 Å². The quantitative estimate of drug-likeness (QED) is 0.620. The molecule has 0 fully saturated rings. The van der Waals surface area contributed by atoms with Gasteiger partial charge >= 0.3 is 11.9 Å². The lowest BCUT2D eigenvalue weighted by molar-refractivity contribution is -0.145. The molecule has 0 radical (unpaired) electrons. The molecular formula is C15H16O7. The highest BCUT2D eigenvalue weighted by molar-refractivity contribution is 6.14. The van der Waals surface area contributed by atoms with Gasteiger partial charge in [0.2, 0.25) is 0 Å². The summed E-state index contributed by atoms with van der Waals surface area (Å²) >= 11 is 0. The van der Waals surface area contributed by atoms with Crippen LogP contribution in [0.15, 0.2) is 6.07 Å². The molecule has 0 saturated carbocycles. The molecule has 118 valence electrons. The summed E-state index contributed by atoms with van der Waals surface area (Å²) in [5, 5.41) is 19.8. The van der Waals surface area contributed by atoms with Gasteiger partial charge in [-0.1, -0.05) is 6.92 Å². The first-order chi connectivity index (χ1) is 10.3. The number of ether oxygens (including phenoxy) is 2. The van der Waals surface area contributed by atoms with Gasteiger partial charge in [0.25, 0.3) is 0 Å². The number of carbonyl (C=O) groups excluding carboxylic acids is 3. The highest BCUT2D eigenvalue weighted by atomic mass is 16.5. The molecule has 1 aliphatic carbocycles. The number of phenolic OH excluding ortho intramolecular Hbond substituents is 2. The molecule has 2 N–H and O–H groups in total. The Bertz CT molecular complexity index is 662. The van der Waals surface area contributed by atoms with Crippen molar-refractivity contribution in [2.45, 2.75) is 13.3 Å². The van der Waals surface area contributed by atoms with Gasteiger partial charge in [0.15, 0.2) is 5.78 Å². The van der Waals surface area contributed by atoms with Gasteiger partial charge in [-0.3, -0.25) is 9.59 Å². The Kier molecular flexibility index (Phi) is 4.07. The largest absolute Gasteiger partial charge is 0.507 e. The van der Waals surface area contributed by atoms with Gasteiger partial charge in [0, 0.05) is 6.07 Å². The highest BCUT2D eigenvalue weighted by Gasteiger charge is 2.42. The Labute approximate surface area is 126 Å². The number of hydrogen-bond donors (Lipinski definition) is 2. The molecule has 0 spiro atoms. The minimum absolute atomic E-state index is 0.146. The number of Topliss-reactive ketones (excluding diaryl/α,β-unsaturated/α-hetero) is 1. The normalized spacial score (nSPS) is 20.2. The first-order valence-electron chi connectivity index (χ1n) is 6.61. The monoisotopic (exact) mass is 308 g/mol. The fraction of sp³-hybridized carbons (Fsp3) is 0.400. The van der Waals surface area contributed by atoms with E-state index in [-0.39, 0.29) is 23.1 Å². The van der Waals surface area contributed by atoms with Crippen molar-refractivity contribution in [2.75, 3.05) is 14.2 Å². The lowest BCUT2D eigenvalue weighted by Crippen LogP contribution is -2.37. The molecule has 2 unspecified atom stereocenters. The molecule has 7 heteroatoms.